The van der Waals surface area contributed by atoms with Crippen molar-refractivity contribution in [1.82, 2.24) is 25.6 Å². The summed E-state index contributed by atoms with van der Waals surface area (Å²) in [6.07, 6.45) is 6.97. The summed E-state index contributed by atoms with van der Waals surface area (Å²) >= 11 is 0. The standard InChI is InChI=1S/C25H24FN7O2/c1-25(13-27)20(35-3)10-16(12-33-25)19-11-21(32-14-31-19)29-8-6-15-4-5-18(26)22-17(24(34)28-2)7-9-30-23(15)22/h4-5,7,9-12,14,33H,6,8H2,1-3H3,(H,28,34)(H,29,31,32). The number of hydrogen-bond donors (Lipinski definition) is 3. The summed E-state index contributed by atoms with van der Waals surface area (Å²) < 4.78 is 19.9. The lowest BCUT2D eigenvalue weighted by Gasteiger charge is -2.28. The quantitative estimate of drug-likeness (QED) is 0.478. The van der Waals surface area contributed by atoms with Gasteiger partial charge in [0.1, 0.15) is 23.7 Å². The molecule has 1 amide bonds. The SMILES string of the molecule is CNC(=O)c1ccnc2c(CCNc3cc(C4=CNC(C)(C#N)C(OC)=C4)ncn3)ccc(F)c12. The highest BCUT2D eigenvalue weighted by atomic mass is 19.1. The molecule has 9 nitrogen and oxygen atoms in total. The van der Waals surface area contributed by atoms with Crippen molar-refractivity contribution >= 4 is 28.2 Å². The van der Waals surface area contributed by atoms with Crippen LogP contribution in [0.15, 0.2) is 54.8 Å². The predicted molar refractivity (Wildman–Crippen MR) is 130 cm³/mol. The number of fused-ring (bicyclic) bond motifs is 1. The number of methoxy groups -OCH3 is 1. The molecule has 3 heterocycles. The summed E-state index contributed by atoms with van der Waals surface area (Å²) in [6, 6.07) is 8.51. The summed E-state index contributed by atoms with van der Waals surface area (Å²) in [4.78, 5) is 25.1. The number of nitrogens with zero attached hydrogens (tertiary/aromatic N) is 4. The van der Waals surface area contributed by atoms with E-state index in [9.17, 15) is 14.4 Å². The van der Waals surface area contributed by atoms with Crippen LogP contribution < -0.4 is 16.0 Å². The molecule has 0 saturated carbocycles. The van der Waals surface area contributed by atoms with E-state index in [0.29, 0.717) is 35.8 Å². The third-order valence-electron chi connectivity index (χ3n) is 5.80. The number of benzene rings is 1. The minimum Gasteiger partial charge on any atom is -0.497 e. The van der Waals surface area contributed by atoms with Crippen molar-refractivity contribution in [2.75, 3.05) is 26.0 Å². The highest BCUT2D eigenvalue weighted by Crippen LogP contribution is 2.28. The Morgan fingerprint density at radius 2 is 2.11 bits per heavy atom. The summed E-state index contributed by atoms with van der Waals surface area (Å²) in [5.74, 6) is 0.223. The lowest BCUT2D eigenvalue weighted by atomic mass is 9.95. The molecule has 2 aromatic heterocycles. The molecule has 1 atom stereocenters. The molecule has 3 N–H and O–H groups in total. The average Bonchev–Trinajstić information content (AvgIpc) is 2.89. The number of dihydropyridines is 1. The number of nitrogens with one attached hydrogen (secondary N) is 3. The molecule has 1 unspecified atom stereocenters. The summed E-state index contributed by atoms with van der Waals surface area (Å²) in [5, 5.41) is 18.5. The van der Waals surface area contributed by atoms with E-state index < -0.39 is 11.4 Å². The van der Waals surface area contributed by atoms with Gasteiger partial charge in [0.2, 0.25) is 0 Å². The van der Waals surface area contributed by atoms with Gasteiger partial charge in [-0.3, -0.25) is 9.78 Å². The normalized spacial score (nSPS) is 17.0. The maximum absolute atomic E-state index is 14.6. The van der Waals surface area contributed by atoms with E-state index in [2.05, 4.69) is 37.0 Å². The molecule has 0 aliphatic carbocycles. The van der Waals surface area contributed by atoms with Crippen LogP contribution in [0.25, 0.3) is 16.5 Å². The zero-order valence-electron chi connectivity index (χ0n) is 19.5. The second kappa shape index (κ2) is 9.77. The number of aromatic nitrogens is 3. The third kappa shape index (κ3) is 4.61. The lowest BCUT2D eigenvalue weighted by Crippen LogP contribution is -2.42. The fourth-order valence-corrected chi connectivity index (χ4v) is 3.86. The molecule has 178 valence electrons. The molecule has 1 aliphatic rings. The van der Waals surface area contributed by atoms with Crippen molar-refractivity contribution in [2.24, 2.45) is 0 Å². The van der Waals surface area contributed by atoms with E-state index in [0.717, 1.165) is 11.1 Å². The van der Waals surface area contributed by atoms with Crippen molar-refractivity contribution in [3.05, 3.63) is 77.5 Å². The van der Waals surface area contributed by atoms with Gasteiger partial charge >= 0.3 is 0 Å². The number of carbonyl (C=O) groups excluding carboxylic acids is 1. The molecule has 0 bridgehead atoms. The number of halogens is 1. The lowest BCUT2D eigenvalue weighted by molar-refractivity contribution is 0.0964. The van der Waals surface area contributed by atoms with Gasteiger partial charge in [-0.25, -0.2) is 14.4 Å². The summed E-state index contributed by atoms with van der Waals surface area (Å²) in [7, 11) is 3.02. The number of pyridine rings is 1. The van der Waals surface area contributed by atoms with Gasteiger partial charge in [-0.05, 0) is 37.1 Å². The summed E-state index contributed by atoms with van der Waals surface area (Å²) in [5.41, 5.74) is 1.94. The molecule has 3 aromatic rings. The van der Waals surface area contributed by atoms with E-state index in [1.165, 1.54) is 38.8 Å². The number of anilines is 1. The molecule has 35 heavy (non-hydrogen) atoms. The van der Waals surface area contributed by atoms with Gasteiger partial charge in [-0.15, -0.1) is 0 Å². The van der Waals surface area contributed by atoms with Crippen molar-refractivity contribution < 1.29 is 13.9 Å². The number of hydrogen-bond acceptors (Lipinski definition) is 8. The largest absolute Gasteiger partial charge is 0.497 e. The first kappa shape index (κ1) is 23.6. The van der Waals surface area contributed by atoms with Crippen LogP contribution in [0.4, 0.5) is 10.2 Å². The maximum atomic E-state index is 14.6. The van der Waals surface area contributed by atoms with E-state index in [4.69, 9.17) is 4.74 Å². The Balaban J connectivity index is 1.51. The average molecular weight is 474 g/mol. The number of carbonyl (C=O) groups is 1. The minimum absolute atomic E-state index is 0.204. The monoisotopic (exact) mass is 473 g/mol. The molecule has 10 heteroatoms. The smallest absolute Gasteiger partial charge is 0.251 e. The molecule has 0 saturated heterocycles. The zero-order chi connectivity index (χ0) is 25.0. The van der Waals surface area contributed by atoms with E-state index in [1.54, 1.807) is 31.3 Å². The van der Waals surface area contributed by atoms with Crippen LogP contribution in [0.3, 0.4) is 0 Å². The molecular formula is C25H24FN7O2. The van der Waals surface area contributed by atoms with Crippen LogP contribution in [0, 0.1) is 17.1 Å². The highest BCUT2D eigenvalue weighted by molar-refractivity contribution is 6.06. The van der Waals surface area contributed by atoms with Crippen LogP contribution in [0.1, 0.15) is 28.5 Å². The first-order chi connectivity index (χ1) is 16.9. The molecule has 0 fully saturated rings. The van der Waals surface area contributed by atoms with Gasteiger partial charge in [-0.2, -0.15) is 5.26 Å². The predicted octanol–water partition coefficient (Wildman–Crippen LogP) is 2.93. The second-order valence-corrected chi connectivity index (χ2v) is 8.03. The van der Waals surface area contributed by atoms with Crippen molar-refractivity contribution in [3.63, 3.8) is 0 Å². The van der Waals surface area contributed by atoms with E-state index >= 15 is 0 Å². The van der Waals surface area contributed by atoms with Crippen LogP contribution in [-0.4, -0.2) is 47.1 Å². The zero-order valence-corrected chi connectivity index (χ0v) is 19.5. The number of allylic oxidation sites excluding steroid dienone is 2. The summed E-state index contributed by atoms with van der Waals surface area (Å²) in [6.45, 7) is 2.22. The Morgan fingerprint density at radius 1 is 1.29 bits per heavy atom. The van der Waals surface area contributed by atoms with Crippen LogP contribution in [0.2, 0.25) is 0 Å². The molecule has 0 spiro atoms. The Hall–Kier alpha value is -4.52. The van der Waals surface area contributed by atoms with Gasteiger partial charge < -0.3 is 20.7 Å². The molecule has 4 rings (SSSR count). The van der Waals surface area contributed by atoms with Crippen LogP contribution in [0.5, 0.6) is 0 Å². The Kier molecular flexibility index (Phi) is 6.59. The van der Waals surface area contributed by atoms with Gasteiger partial charge in [0.25, 0.3) is 5.91 Å². The Morgan fingerprint density at radius 3 is 2.86 bits per heavy atom. The molecule has 1 aromatic carbocycles. The maximum Gasteiger partial charge on any atom is 0.251 e. The van der Waals surface area contributed by atoms with Crippen LogP contribution >= 0.6 is 0 Å². The number of amides is 1. The third-order valence-corrected chi connectivity index (χ3v) is 5.80. The molecule has 0 radical (unpaired) electrons. The number of nitriles is 1. The Labute approximate surface area is 201 Å². The van der Waals surface area contributed by atoms with Gasteiger partial charge in [0, 0.05) is 43.0 Å². The number of rotatable bonds is 7. The highest BCUT2D eigenvalue weighted by Gasteiger charge is 2.32. The first-order valence-electron chi connectivity index (χ1n) is 10.9. The van der Waals surface area contributed by atoms with Crippen molar-refractivity contribution in [1.29, 1.82) is 5.26 Å². The topological polar surface area (TPSA) is 125 Å². The first-order valence-corrected chi connectivity index (χ1v) is 10.9. The van der Waals surface area contributed by atoms with Crippen LogP contribution in [-0.2, 0) is 11.2 Å². The van der Waals surface area contributed by atoms with E-state index in [-0.39, 0.29) is 16.9 Å². The fraction of sp³-hybridized carbons (Fsp3) is 0.240. The second-order valence-electron chi connectivity index (χ2n) is 8.03. The molecular weight excluding hydrogens is 449 g/mol. The Bertz CT molecular complexity index is 1400. The van der Waals surface area contributed by atoms with Gasteiger partial charge in [-0.1, -0.05) is 6.07 Å². The fourth-order valence-electron chi connectivity index (χ4n) is 3.86. The van der Waals surface area contributed by atoms with Crippen molar-refractivity contribution in [3.8, 4) is 6.07 Å². The van der Waals surface area contributed by atoms with Gasteiger partial charge in [0.15, 0.2) is 5.54 Å². The van der Waals surface area contributed by atoms with Crippen molar-refractivity contribution in [2.45, 2.75) is 18.9 Å². The van der Waals surface area contributed by atoms with Gasteiger partial charge in [0.05, 0.1) is 30.0 Å². The number of ether oxygens (including phenoxy) is 1. The molecule has 1 aliphatic heterocycles. The minimum atomic E-state index is -0.948. The van der Waals surface area contributed by atoms with E-state index in [1.807, 2.05) is 0 Å².